The van der Waals surface area contributed by atoms with E-state index in [2.05, 4.69) is 14.7 Å². The van der Waals surface area contributed by atoms with Crippen LogP contribution in [-0.2, 0) is 4.74 Å². The molecule has 7 heteroatoms. The van der Waals surface area contributed by atoms with E-state index >= 15 is 0 Å². The standard InChI is InChI=1S/C11H16N4O2S/c1-7(10(12)18)6-15(2)9-5-13-4-8(14-9)11(16)17-3/h4-5,7H,6H2,1-3H3,(H2,12,18). The molecule has 0 radical (unpaired) electrons. The van der Waals surface area contributed by atoms with Crippen LogP contribution < -0.4 is 10.6 Å². The lowest BCUT2D eigenvalue weighted by atomic mass is 10.2. The van der Waals surface area contributed by atoms with Crippen LogP contribution in [0.1, 0.15) is 17.4 Å². The minimum absolute atomic E-state index is 0.0496. The van der Waals surface area contributed by atoms with E-state index in [1.165, 1.54) is 13.3 Å². The summed E-state index contributed by atoms with van der Waals surface area (Å²) in [7, 11) is 3.13. The van der Waals surface area contributed by atoms with Gasteiger partial charge in [-0.15, -0.1) is 0 Å². The highest BCUT2D eigenvalue weighted by Crippen LogP contribution is 2.10. The quantitative estimate of drug-likeness (QED) is 0.619. The van der Waals surface area contributed by atoms with E-state index in [1.54, 1.807) is 6.20 Å². The summed E-state index contributed by atoms with van der Waals surface area (Å²) in [5.74, 6) is 0.106. The average molecular weight is 268 g/mol. The van der Waals surface area contributed by atoms with Crippen LogP contribution in [0, 0.1) is 5.92 Å². The van der Waals surface area contributed by atoms with Crippen LogP contribution in [0.15, 0.2) is 12.4 Å². The topological polar surface area (TPSA) is 81.3 Å². The van der Waals surface area contributed by atoms with Gasteiger partial charge < -0.3 is 15.4 Å². The van der Waals surface area contributed by atoms with Crippen LogP contribution in [0.5, 0.6) is 0 Å². The molecule has 0 aromatic carbocycles. The highest BCUT2D eigenvalue weighted by Gasteiger charge is 2.13. The molecule has 18 heavy (non-hydrogen) atoms. The van der Waals surface area contributed by atoms with Gasteiger partial charge in [0.05, 0.1) is 24.5 Å². The van der Waals surface area contributed by atoms with Crippen molar-refractivity contribution in [2.24, 2.45) is 11.7 Å². The van der Waals surface area contributed by atoms with E-state index in [-0.39, 0.29) is 11.6 Å². The van der Waals surface area contributed by atoms with Crippen molar-refractivity contribution >= 4 is 29.0 Å². The molecule has 0 aliphatic rings. The van der Waals surface area contributed by atoms with E-state index in [0.717, 1.165) is 0 Å². The Morgan fingerprint density at radius 2 is 2.28 bits per heavy atom. The maximum atomic E-state index is 11.3. The number of hydrogen-bond donors (Lipinski definition) is 1. The molecular weight excluding hydrogens is 252 g/mol. The van der Waals surface area contributed by atoms with Crippen LogP contribution in [0.4, 0.5) is 5.82 Å². The van der Waals surface area contributed by atoms with Crippen molar-refractivity contribution in [3.63, 3.8) is 0 Å². The van der Waals surface area contributed by atoms with Crippen molar-refractivity contribution in [2.75, 3.05) is 25.6 Å². The summed E-state index contributed by atoms with van der Waals surface area (Å²) in [6, 6.07) is 0. The molecule has 0 fully saturated rings. The molecule has 1 heterocycles. The van der Waals surface area contributed by atoms with Gasteiger partial charge in [-0.2, -0.15) is 0 Å². The molecule has 1 aromatic heterocycles. The SMILES string of the molecule is COC(=O)c1cncc(N(C)CC(C)C(N)=S)n1. The molecule has 0 bridgehead atoms. The molecule has 0 amide bonds. The number of methoxy groups -OCH3 is 1. The Labute approximate surface area is 111 Å². The summed E-state index contributed by atoms with van der Waals surface area (Å²) in [5, 5.41) is 0. The number of nitrogens with zero attached hydrogens (tertiary/aromatic N) is 3. The predicted molar refractivity (Wildman–Crippen MR) is 72.6 cm³/mol. The van der Waals surface area contributed by atoms with Crippen molar-refractivity contribution in [1.29, 1.82) is 0 Å². The van der Waals surface area contributed by atoms with Gasteiger partial charge in [-0.05, 0) is 0 Å². The van der Waals surface area contributed by atoms with Crippen LogP contribution in [0.2, 0.25) is 0 Å². The third kappa shape index (κ3) is 3.63. The second-order valence-electron chi connectivity index (χ2n) is 3.94. The van der Waals surface area contributed by atoms with Crippen LogP contribution in [-0.4, -0.2) is 41.6 Å². The highest BCUT2D eigenvalue weighted by molar-refractivity contribution is 7.80. The predicted octanol–water partition coefficient (Wildman–Crippen LogP) is 0.622. The van der Waals surface area contributed by atoms with Gasteiger partial charge in [-0.3, -0.25) is 4.98 Å². The van der Waals surface area contributed by atoms with Gasteiger partial charge in [0, 0.05) is 19.5 Å². The third-order valence-electron chi connectivity index (χ3n) is 2.44. The van der Waals surface area contributed by atoms with E-state index in [0.29, 0.717) is 17.4 Å². The summed E-state index contributed by atoms with van der Waals surface area (Å²) < 4.78 is 4.59. The molecule has 1 unspecified atom stereocenters. The Kier molecular flexibility index (Phi) is 4.96. The monoisotopic (exact) mass is 268 g/mol. The van der Waals surface area contributed by atoms with E-state index in [9.17, 15) is 4.79 Å². The van der Waals surface area contributed by atoms with Crippen molar-refractivity contribution < 1.29 is 9.53 Å². The molecule has 1 aromatic rings. The number of rotatable bonds is 5. The van der Waals surface area contributed by atoms with E-state index < -0.39 is 5.97 Å². The largest absolute Gasteiger partial charge is 0.464 e. The van der Waals surface area contributed by atoms with Crippen LogP contribution in [0.25, 0.3) is 0 Å². The second-order valence-corrected chi connectivity index (χ2v) is 4.41. The molecular formula is C11H16N4O2S. The zero-order chi connectivity index (χ0) is 13.7. The van der Waals surface area contributed by atoms with Crippen molar-refractivity contribution in [1.82, 2.24) is 9.97 Å². The number of nitrogens with two attached hydrogens (primary N) is 1. The fraction of sp³-hybridized carbons (Fsp3) is 0.455. The van der Waals surface area contributed by atoms with Gasteiger partial charge in [0.1, 0.15) is 5.82 Å². The Balaban J connectivity index is 2.83. The molecule has 0 spiro atoms. The summed E-state index contributed by atoms with van der Waals surface area (Å²) >= 11 is 4.91. The summed E-state index contributed by atoms with van der Waals surface area (Å²) in [6.45, 7) is 2.53. The Hall–Kier alpha value is -1.76. The maximum Gasteiger partial charge on any atom is 0.358 e. The first-order valence-corrected chi connectivity index (χ1v) is 5.77. The normalized spacial score (nSPS) is 11.7. The lowest BCUT2D eigenvalue weighted by Crippen LogP contribution is -2.32. The van der Waals surface area contributed by atoms with Crippen LogP contribution in [0.3, 0.4) is 0 Å². The first-order chi connectivity index (χ1) is 8.45. The van der Waals surface area contributed by atoms with Gasteiger partial charge in [0.15, 0.2) is 5.69 Å². The maximum absolute atomic E-state index is 11.3. The third-order valence-corrected chi connectivity index (χ3v) is 2.84. The van der Waals surface area contributed by atoms with Crippen LogP contribution >= 0.6 is 12.2 Å². The molecule has 0 aliphatic carbocycles. The smallest absolute Gasteiger partial charge is 0.358 e. The number of aromatic nitrogens is 2. The van der Waals surface area contributed by atoms with Crippen molar-refractivity contribution in [3.05, 3.63) is 18.1 Å². The molecule has 98 valence electrons. The molecule has 0 aliphatic heterocycles. The van der Waals surface area contributed by atoms with E-state index in [1.807, 2.05) is 18.9 Å². The Morgan fingerprint density at radius 1 is 1.61 bits per heavy atom. The highest BCUT2D eigenvalue weighted by atomic mass is 32.1. The minimum Gasteiger partial charge on any atom is -0.464 e. The number of esters is 1. The number of ether oxygens (including phenoxy) is 1. The number of carbonyl (C=O) groups excluding carboxylic acids is 1. The fourth-order valence-corrected chi connectivity index (χ4v) is 1.41. The fourth-order valence-electron chi connectivity index (χ4n) is 1.34. The van der Waals surface area contributed by atoms with Gasteiger partial charge in [-0.1, -0.05) is 19.1 Å². The molecule has 1 rings (SSSR count). The number of carbonyl (C=O) groups is 1. The van der Waals surface area contributed by atoms with Gasteiger partial charge >= 0.3 is 5.97 Å². The summed E-state index contributed by atoms with van der Waals surface area (Å²) in [6.07, 6.45) is 2.93. The molecule has 2 N–H and O–H groups in total. The first kappa shape index (κ1) is 14.3. The lowest BCUT2D eigenvalue weighted by Gasteiger charge is -2.21. The Bertz CT molecular complexity index is 452. The molecule has 0 saturated heterocycles. The Morgan fingerprint density at radius 3 is 2.83 bits per heavy atom. The molecule has 1 atom stereocenters. The van der Waals surface area contributed by atoms with Gasteiger partial charge in [0.25, 0.3) is 0 Å². The van der Waals surface area contributed by atoms with E-state index in [4.69, 9.17) is 18.0 Å². The zero-order valence-corrected chi connectivity index (χ0v) is 11.4. The van der Waals surface area contributed by atoms with Crippen molar-refractivity contribution in [3.8, 4) is 0 Å². The number of anilines is 1. The molecule has 0 saturated carbocycles. The van der Waals surface area contributed by atoms with Crippen molar-refractivity contribution in [2.45, 2.75) is 6.92 Å². The second kappa shape index (κ2) is 6.25. The average Bonchev–Trinajstić information content (AvgIpc) is 2.37. The first-order valence-electron chi connectivity index (χ1n) is 5.36. The lowest BCUT2D eigenvalue weighted by molar-refractivity contribution is 0.0593. The zero-order valence-electron chi connectivity index (χ0n) is 10.6. The molecule has 6 nitrogen and oxygen atoms in total. The van der Waals surface area contributed by atoms with Gasteiger partial charge in [-0.25, -0.2) is 9.78 Å². The minimum atomic E-state index is -0.514. The summed E-state index contributed by atoms with van der Waals surface area (Å²) in [5.41, 5.74) is 5.73. The summed E-state index contributed by atoms with van der Waals surface area (Å²) in [4.78, 5) is 21.7. The number of hydrogen-bond acceptors (Lipinski definition) is 6. The van der Waals surface area contributed by atoms with Gasteiger partial charge in [0.2, 0.25) is 0 Å². The number of thiocarbonyl (C=S) groups is 1.